The van der Waals surface area contributed by atoms with E-state index in [4.69, 9.17) is 9.47 Å². The predicted molar refractivity (Wildman–Crippen MR) is 121 cm³/mol. The van der Waals surface area contributed by atoms with Crippen molar-refractivity contribution in [2.75, 3.05) is 19.5 Å². The number of ether oxygens (including phenoxy) is 2. The van der Waals surface area contributed by atoms with Crippen LogP contribution in [0.1, 0.15) is 20.7 Å². The number of aromatic nitrogens is 2. The molecule has 1 aromatic heterocycles. The smallest absolute Gasteiger partial charge is 0.280 e. The predicted octanol–water partition coefficient (Wildman–Crippen LogP) is 4.51. The minimum Gasteiger partial charge on any atom is -0.497 e. The summed E-state index contributed by atoms with van der Waals surface area (Å²) in [4.78, 5) is 26.0. The molecule has 3 aromatic carbocycles. The van der Waals surface area contributed by atoms with Crippen molar-refractivity contribution < 1.29 is 19.1 Å². The van der Waals surface area contributed by atoms with E-state index in [1.54, 1.807) is 68.8 Å². The summed E-state index contributed by atoms with van der Waals surface area (Å²) in [7, 11) is 3.12. The number of hydrogen-bond acceptors (Lipinski definition) is 5. The van der Waals surface area contributed by atoms with E-state index in [1.807, 2.05) is 30.3 Å². The first-order valence-corrected chi connectivity index (χ1v) is 9.88. The first-order valence-electron chi connectivity index (χ1n) is 9.88. The van der Waals surface area contributed by atoms with Gasteiger partial charge in [-0.15, -0.1) is 0 Å². The Hall–Kier alpha value is -4.39. The van der Waals surface area contributed by atoms with Crippen LogP contribution < -0.4 is 14.8 Å². The van der Waals surface area contributed by atoms with Gasteiger partial charge in [-0.3, -0.25) is 9.59 Å². The van der Waals surface area contributed by atoms with Gasteiger partial charge in [0.2, 0.25) is 0 Å². The molecule has 32 heavy (non-hydrogen) atoms. The van der Waals surface area contributed by atoms with Crippen molar-refractivity contribution >= 4 is 17.6 Å². The minimum atomic E-state index is -0.375. The van der Waals surface area contributed by atoms with Crippen molar-refractivity contribution in [1.29, 1.82) is 0 Å². The molecular formula is C25H21N3O4. The maximum absolute atomic E-state index is 13.2. The molecule has 0 unspecified atom stereocenters. The number of nitrogens with one attached hydrogen (secondary N) is 1. The fraction of sp³-hybridized carbons (Fsp3) is 0.0800. The summed E-state index contributed by atoms with van der Waals surface area (Å²) < 4.78 is 11.5. The number of nitrogens with zero attached hydrogens (tertiary/aromatic N) is 2. The zero-order valence-corrected chi connectivity index (χ0v) is 17.6. The van der Waals surface area contributed by atoms with Crippen molar-refractivity contribution in [3.05, 3.63) is 96.1 Å². The molecule has 0 bridgehead atoms. The third kappa shape index (κ3) is 4.37. The number of methoxy groups -OCH3 is 2. The summed E-state index contributed by atoms with van der Waals surface area (Å²) in [5.41, 5.74) is 2.23. The topological polar surface area (TPSA) is 82.5 Å². The van der Waals surface area contributed by atoms with Crippen molar-refractivity contribution in [2.24, 2.45) is 0 Å². The van der Waals surface area contributed by atoms with Crippen LogP contribution in [0.15, 0.2) is 84.9 Å². The molecule has 0 radical (unpaired) electrons. The van der Waals surface area contributed by atoms with Gasteiger partial charge in [-0.1, -0.05) is 30.3 Å². The SMILES string of the molecule is COc1ccc(C(=O)Nc2cc(-c3ccccc3)nn2C(=O)c2ccc(OC)cc2)cc1. The molecular weight excluding hydrogens is 406 g/mol. The number of hydrogen-bond donors (Lipinski definition) is 1. The van der Waals surface area contributed by atoms with Gasteiger partial charge in [-0.05, 0) is 48.5 Å². The summed E-state index contributed by atoms with van der Waals surface area (Å²) in [6, 6.07) is 24.5. The highest BCUT2D eigenvalue weighted by Gasteiger charge is 2.19. The van der Waals surface area contributed by atoms with Crippen LogP contribution in [0.4, 0.5) is 5.82 Å². The van der Waals surface area contributed by atoms with Gasteiger partial charge in [0.15, 0.2) is 0 Å². The van der Waals surface area contributed by atoms with E-state index in [-0.39, 0.29) is 17.6 Å². The van der Waals surface area contributed by atoms with Crippen LogP contribution in [0.5, 0.6) is 11.5 Å². The average Bonchev–Trinajstić information content (AvgIpc) is 3.28. The van der Waals surface area contributed by atoms with E-state index in [0.717, 1.165) is 5.56 Å². The molecule has 0 aliphatic carbocycles. The molecule has 0 aliphatic rings. The monoisotopic (exact) mass is 427 g/mol. The van der Waals surface area contributed by atoms with Gasteiger partial charge < -0.3 is 14.8 Å². The maximum Gasteiger partial charge on any atom is 0.280 e. The van der Waals surface area contributed by atoms with Crippen LogP contribution in [0.25, 0.3) is 11.3 Å². The van der Waals surface area contributed by atoms with Crippen LogP contribution >= 0.6 is 0 Å². The summed E-state index contributed by atoms with van der Waals surface area (Å²) >= 11 is 0. The Labute approximate surface area is 185 Å². The van der Waals surface area contributed by atoms with Crippen LogP contribution in [0.3, 0.4) is 0 Å². The number of carbonyl (C=O) groups excluding carboxylic acids is 2. The van der Waals surface area contributed by atoms with E-state index < -0.39 is 0 Å². The molecule has 4 aromatic rings. The summed E-state index contributed by atoms with van der Waals surface area (Å²) in [6.07, 6.45) is 0. The molecule has 0 saturated heterocycles. The van der Waals surface area contributed by atoms with E-state index in [0.29, 0.717) is 28.3 Å². The van der Waals surface area contributed by atoms with Crippen LogP contribution in [0, 0.1) is 0 Å². The highest BCUT2D eigenvalue weighted by molar-refractivity contribution is 6.06. The summed E-state index contributed by atoms with van der Waals surface area (Å²) in [6.45, 7) is 0. The van der Waals surface area contributed by atoms with Gasteiger partial charge in [-0.2, -0.15) is 9.78 Å². The molecule has 0 aliphatic heterocycles. The van der Waals surface area contributed by atoms with E-state index >= 15 is 0 Å². The largest absolute Gasteiger partial charge is 0.497 e. The first-order chi connectivity index (χ1) is 15.6. The van der Waals surface area contributed by atoms with Crippen LogP contribution in [-0.4, -0.2) is 35.8 Å². The third-order valence-electron chi connectivity index (χ3n) is 4.90. The Bertz CT molecular complexity index is 1230. The fourth-order valence-electron chi connectivity index (χ4n) is 3.16. The molecule has 4 rings (SSSR count). The number of carbonyl (C=O) groups is 2. The highest BCUT2D eigenvalue weighted by Crippen LogP contribution is 2.24. The van der Waals surface area contributed by atoms with E-state index in [2.05, 4.69) is 10.4 Å². The van der Waals surface area contributed by atoms with Crippen molar-refractivity contribution in [3.8, 4) is 22.8 Å². The quantitative estimate of drug-likeness (QED) is 0.490. The fourth-order valence-corrected chi connectivity index (χ4v) is 3.16. The van der Waals surface area contributed by atoms with Gasteiger partial charge in [0, 0.05) is 22.8 Å². The molecule has 160 valence electrons. The first kappa shape index (κ1) is 20.9. The highest BCUT2D eigenvalue weighted by atomic mass is 16.5. The van der Waals surface area contributed by atoms with Gasteiger partial charge >= 0.3 is 0 Å². The lowest BCUT2D eigenvalue weighted by Crippen LogP contribution is -2.20. The average molecular weight is 427 g/mol. The van der Waals surface area contributed by atoms with Crippen LogP contribution in [-0.2, 0) is 0 Å². The van der Waals surface area contributed by atoms with Gasteiger partial charge in [0.05, 0.1) is 19.9 Å². The number of anilines is 1. The van der Waals surface area contributed by atoms with Gasteiger partial charge in [0.1, 0.15) is 17.3 Å². The molecule has 0 spiro atoms. The second-order valence-corrected chi connectivity index (χ2v) is 6.91. The minimum absolute atomic E-state index is 0.269. The number of amides is 1. The standard InChI is InChI=1S/C25H21N3O4/c1-31-20-12-8-18(9-13-20)24(29)26-23-16-22(17-6-4-3-5-7-17)27-28(23)25(30)19-10-14-21(32-2)15-11-19/h3-16H,1-2H3,(H,26,29). The molecule has 1 amide bonds. The van der Waals surface area contributed by atoms with E-state index in [9.17, 15) is 9.59 Å². The van der Waals surface area contributed by atoms with Gasteiger partial charge in [0.25, 0.3) is 11.8 Å². The molecule has 1 heterocycles. The number of benzene rings is 3. The molecule has 1 N–H and O–H groups in total. The van der Waals surface area contributed by atoms with Crippen LogP contribution in [0.2, 0.25) is 0 Å². The van der Waals surface area contributed by atoms with Crippen molar-refractivity contribution in [1.82, 2.24) is 9.78 Å². The zero-order chi connectivity index (χ0) is 22.5. The molecule has 7 heteroatoms. The normalized spacial score (nSPS) is 10.4. The lowest BCUT2D eigenvalue weighted by Gasteiger charge is -2.09. The van der Waals surface area contributed by atoms with Crippen molar-refractivity contribution in [2.45, 2.75) is 0 Å². The lowest BCUT2D eigenvalue weighted by molar-refractivity contribution is 0.0947. The molecule has 0 fully saturated rings. The zero-order valence-electron chi connectivity index (χ0n) is 17.6. The maximum atomic E-state index is 13.2. The molecule has 0 atom stereocenters. The third-order valence-corrected chi connectivity index (χ3v) is 4.90. The Balaban J connectivity index is 1.69. The second-order valence-electron chi connectivity index (χ2n) is 6.91. The Morgan fingerprint density at radius 2 is 1.34 bits per heavy atom. The molecule has 7 nitrogen and oxygen atoms in total. The lowest BCUT2D eigenvalue weighted by atomic mass is 10.1. The van der Waals surface area contributed by atoms with Gasteiger partial charge in [-0.25, -0.2) is 0 Å². The van der Waals surface area contributed by atoms with E-state index in [1.165, 1.54) is 4.68 Å². The Kier molecular flexibility index (Phi) is 5.98. The van der Waals surface area contributed by atoms with Crippen molar-refractivity contribution in [3.63, 3.8) is 0 Å². The molecule has 0 saturated carbocycles. The summed E-state index contributed by atoms with van der Waals surface area (Å²) in [5.74, 6) is 0.814. The Morgan fingerprint density at radius 1 is 0.781 bits per heavy atom. The second kappa shape index (κ2) is 9.18. The Morgan fingerprint density at radius 3 is 1.91 bits per heavy atom. The summed E-state index contributed by atoms with van der Waals surface area (Å²) in [5, 5.41) is 7.28. The number of rotatable bonds is 6.